The maximum Gasteiger partial charge on any atom is 0.414 e. The Morgan fingerprint density at radius 3 is 2.03 bits per heavy atom. The topological polar surface area (TPSA) is 148 Å². The molecule has 0 bridgehead atoms. The fourth-order valence-corrected chi connectivity index (χ4v) is 2.66. The van der Waals surface area contributed by atoms with Crippen LogP contribution in [0.15, 0.2) is 38.5 Å². The fourth-order valence-electron chi connectivity index (χ4n) is 2.66. The van der Waals surface area contributed by atoms with E-state index in [4.69, 9.17) is 13.9 Å². The largest absolute Gasteiger partial charge is 0.444 e. The van der Waals surface area contributed by atoms with Gasteiger partial charge in [-0.25, -0.2) is 19.4 Å². The van der Waals surface area contributed by atoms with Crippen molar-refractivity contribution in [2.45, 2.75) is 59.7 Å². The van der Waals surface area contributed by atoms with Crippen molar-refractivity contribution in [3.8, 4) is 0 Å². The first-order valence-corrected chi connectivity index (χ1v) is 10.5. The summed E-state index contributed by atoms with van der Waals surface area (Å²) in [6, 6.07) is 6.26. The number of carbonyl (C=O) groups is 3. The summed E-state index contributed by atoms with van der Waals surface area (Å²) in [5, 5.41) is 7.94. The summed E-state index contributed by atoms with van der Waals surface area (Å²) >= 11 is 0. The summed E-state index contributed by atoms with van der Waals surface area (Å²) in [6.07, 6.45) is -1.75. The zero-order valence-electron chi connectivity index (χ0n) is 20.3. The molecule has 0 radical (unpaired) electrons. The highest BCUT2D eigenvalue weighted by atomic mass is 16.6. The van der Waals surface area contributed by atoms with Crippen LogP contribution in [-0.4, -0.2) is 41.8 Å². The van der Waals surface area contributed by atoms with E-state index in [0.29, 0.717) is 11.3 Å². The van der Waals surface area contributed by atoms with Crippen LogP contribution in [0.5, 0.6) is 0 Å². The highest BCUT2D eigenvalue weighted by Crippen LogP contribution is 2.20. The third-order valence-corrected chi connectivity index (χ3v) is 3.85. The second-order valence-corrected chi connectivity index (χ2v) is 9.43. The number of aryl methyl sites for hydroxylation is 1. The van der Waals surface area contributed by atoms with E-state index < -0.39 is 41.5 Å². The van der Waals surface area contributed by atoms with Crippen molar-refractivity contribution >= 4 is 40.7 Å². The predicted octanol–water partition coefficient (Wildman–Crippen LogP) is 3.45. The standard InChI is InChI=1S/C23H30N4O7/c1-13-10-18(29)32-16-11-14(8-9-15(13)16)25-17(28)12-24-19(26-20(30)33-22(2,3)4)27-21(31)34-23(5,6)7/h8-11H,12H2,1-7H3,(H,25,28)(H2,24,26,27,30,31). The summed E-state index contributed by atoms with van der Waals surface area (Å²) in [7, 11) is 0. The van der Waals surface area contributed by atoms with Gasteiger partial charge in [-0.15, -0.1) is 0 Å². The van der Waals surface area contributed by atoms with Crippen LogP contribution in [0.4, 0.5) is 15.3 Å². The number of amides is 3. The molecule has 11 nitrogen and oxygen atoms in total. The number of benzene rings is 1. The summed E-state index contributed by atoms with van der Waals surface area (Å²) in [6.45, 7) is 11.4. The SMILES string of the molecule is Cc1cc(=O)oc2cc(NC(=O)CN=C(NC(=O)OC(C)(C)C)NC(=O)OC(C)(C)C)ccc12. The Labute approximate surface area is 196 Å². The smallest absolute Gasteiger partial charge is 0.414 e. The Morgan fingerprint density at radius 2 is 1.50 bits per heavy atom. The molecule has 1 aromatic heterocycles. The number of alkyl carbamates (subject to hydrolysis) is 2. The highest BCUT2D eigenvalue weighted by molar-refractivity contribution is 6.03. The number of carbonyl (C=O) groups excluding carboxylic acids is 3. The molecule has 0 saturated carbocycles. The number of rotatable bonds is 3. The lowest BCUT2D eigenvalue weighted by Gasteiger charge is -2.22. The van der Waals surface area contributed by atoms with Crippen LogP contribution in [0.3, 0.4) is 0 Å². The number of guanidine groups is 1. The van der Waals surface area contributed by atoms with E-state index >= 15 is 0 Å². The quantitative estimate of drug-likeness (QED) is 0.350. The van der Waals surface area contributed by atoms with E-state index in [-0.39, 0.29) is 5.96 Å². The van der Waals surface area contributed by atoms with Gasteiger partial charge in [0.05, 0.1) is 0 Å². The first kappa shape index (κ1) is 26.4. The van der Waals surface area contributed by atoms with Crippen LogP contribution < -0.4 is 21.6 Å². The first-order chi connectivity index (χ1) is 15.6. The Bertz CT molecular complexity index is 1140. The number of ether oxygens (including phenoxy) is 2. The zero-order valence-corrected chi connectivity index (χ0v) is 20.3. The molecule has 2 aromatic rings. The fraction of sp³-hybridized carbons (Fsp3) is 0.435. The second kappa shape index (κ2) is 10.4. The monoisotopic (exact) mass is 474 g/mol. The molecule has 0 unspecified atom stereocenters. The molecule has 1 heterocycles. The van der Waals surface area contributed by atoms with Crippen LogP contribution in [0.25, 0.3) is 11.0 Å². The first-order valence-electron chi connectivity index (χ1n) is 10.5. The molecule has 184 valence electrons. The molecule has 0 saturated heterocycles. The minimum Gasteiger partial charge on any atom is -0.444 e. The molecule has 0 aliphatic rings. The second-order valence-electron chi connectivity index (χ2n) is 9.43. The van der Waals surface area contributed by atoms with E-state index in [1.807, 2.05) is 0 Å². The third kappa shape index (κ3) is 8.93. The van der Waals surface area contributed by atoms with Crippen molar-refractivity contribution in [3.63, 3.8) is 0 Å². The Kier molecular flexibility index (Phi) is 8.04. The molecule has 0 fully saturated rings. The molecule has 0 spiro atoms. The van der Waals surface area contributed by atoms with Crippen LogP contribution in [0.2, 0.25) is 0 Å². The molecule has 11 heteroatoms. The lowest BCUT2D eigenvalue weighted by Crippen LogP contribution is -2.47. The lowest BCUT2D eigenvalue weighted by atomic mass is 10.1. The number of fused-ring (bicyclic) bond motifs is 1. The molecular weight excluding hydrogens is 444 g/mol. The van der Waals surface area contributed by atoms with Gasteiger partial charge in [-0.3, -0.25) is 15.4 Å². The lowest BCUT2D eigenvalue weighted by molar-refractivity contribution is -0.114. The van der Waals surface area contributed by atoms with Gasteiger partial charge in [0, 0.05) is 23.2 Å². The van der Waals surface area contributed by atoms with Crippen molar-refractivity contribution in [1.29, 1.82) is 0 Å². The molecule has 34 heavy (non-hydrogen) atoms. The Morgan fingerprint density at radius 1 is 0.941 bits per heavy atom. The van der Waals surface area contributed by atoms with Crippen molar-refractivity contribution in [3.05, 3.63) is 40.2 Å². The van der Waals surface area contributed by atoms with Crippen molar-refractivity contribution < 1.29 is 28.3 Å². The van der Waals surface area contributed by atoms with Gasteiger partial charge in [0.25, 0.3) is 0 Å². The van der Waals surface area contributed by atoms with Gasteiger partial charge in [0.2, 0.25) is 11.9 Å². The zero-order chi connectivity index (χ0) is 25.7. The van der Waals surface area contributed by atoms with Gasteiger partial charge in [-0.05, 0) is 66.2 Å². The minimum absolute atomic E-state index is 0.321. The van der Waals surface area contributed by atoms with E-state index in [1.54, 1.807) is 60.6 Å². The van der Waals surface area contributed by atoms with Gasteiger partial charge in [0.15, 0.2) is 0 Å². The van der Waals surface area contributed by atoms with E-state index in [1.165, 1.54) is 12.1 Å². The molecule has 2 rings (SSSR count). The number of aliphatic imine (C=N–C) groups is 1. The summed E-state index contributed by atoms with van der Waals surface area (Å²) < 4.78 is 15.5. The van der Waals surface area contributed by atoms with E-state index in [9.17, 15) is 19.2 Å². The number of hydrogen-bond donors (Lipinski definition) is 3. The Balaban J connectivity index is 2.14. The maximum absolute atomic E-state index is 12.4. The van der Waals surface area contributed by atoms with E-state index in [0.717, 1.165) is 10.9 Å². The van der Waals surface area contributed by atoms with Crippen LogP contribution in [0.1, 0.15) is 47.1 Å². The maximum atomic E-state index is 12.4. The molecule has 3 amide bonds. The molecule has 0 atom stereocenters. The van der Waals surface area contributed by atoms with Gasteiger partial charge < -0.3 is 19.2 Å². The number of nitrogens with zero attached hydrogens (tertiary/aromatic N) is 1. The summed E-state index contributed by atoms with van der Waals surface area (Å²) in [4.78, 5) is 52.2. The average molecular weight is 475 g/mol. The Hall–Kier alpha value is -3.89. The highest BCUT2D eigenvalue weighted by Gasteiger charge is 2.21. The van der Waals surface area contributed by atoms with Gasteiger partial charge in [0.1, 0.15) is 23.3 Å². The van der Waals surface area contributed by atoms with Crippen molar-refractivity contribution in [1.82, 2.24) is 10.6 Å². The van der Waals surface area contributed by atoms with Gasteiger partial charge in [-0.2, -0.15) is 0 Å². The van der Waals surface area contributed by atoms with Crippen LogP contribution >= 0.6 is 0 Å². The normalized spacial score (nSPS) is 11.4. The van der Waals surface area contributed by atoms with Gasteiger partial charge >= 0.3 is 17.8 Å². The van der Waals surface area contributed by atoms with Crippen LogP contribution in [0, 0.1) is 6.92 Å². The molecule has 3 N–H and O–H groups in total. The van der Waals surface area contributed by atoms with Gasteiger partial charge in [-0.1, -0.05) is 0 Å². The van der Waals surface area contributed by atoms with E-state index in [2.05, 4.69) is 20.9 Å². The predicted molar refractivity (Wildman–Crippen MR) is 127 cm³/mol. The van der Waals surface area contributed by atoms with Crippen molar-refractivity contribution in [2.75, 3.05) is 11.9 Å². The minimum atomic E-state index is -0.873. The van der Waals surface area contributed by atoms with Crippen molar-refractivity contribution in [2.24, 2.45) is 4.99 Å². The molecule has 1 aromatic carbocycles. The third-order valence-electron chi connectivity index (χ3n) is 3.85. The average Bonchev–Trinajstić information content (AvgIpc) is 2.62. The number of hydrogen-bond acceptors (Lipinski definition) is 8. The number of anilines is 1. The summed E-state index contributed by atoms with van der Waals surface area (Å²) in [5.74, 6) is -0.873. The summed E-state index contributed by atoms with van der Waals surface area (Å²) in [5.41, 5.74) is -0.624. The molecule has 0 aliphatic carbocycles. The molecular formula is C23H30N4O7. The number of nitrogens with one attached hydrogen (secondary N) is 3. The molecule has 0 aliphatic heterocycles. The van der Waals surface area contributed by atoms with Crippen LogP contribution in [-0.2, 0) is 14.3 Å².